The van der Waals surface area contributed by atoms with E-state index in [0.717, 1.165) is 0 Å². The van der Waals surface area contributed by atoms with Crippen LogP contribution < -0.4 is 4.74 Å². The molecular formula is C16H15FO2. The highest BCUT2D eigenvalue weighted by Gasteiger charge is 2.19. The standard InChI is InChI=1S/C16H15FO2/c1-2-15(16(18)12-6-4-3-5-7-12)19-14-10-8-13(17)9-11-14/h3-11,15H,2H2,1H3. The maximum Gasteiger partial charge on any atom is 0.203 e. The molecule has 98 valence electrons. The van der Waals surface area contributed by atoms with E-state index in [2.05, 4.69) is 0 Å². The van der Waals surface area contributed by atoms with Crippen LogP contribution in [0.4, 0.5) is 4.39 Å². The summed E-state index contributed by atoms with van der Waals surface area (Å²) in [7, 11) is 0. The summed E-state index contributed by atoms with van der Waals surface area (Å²) < 4.78 is 18.4. The third-order valence-corrected chi connectivity index (χ3v) is 2.81. The molecule has 0 aliphatic heterocycles. The molecular weight excluding hydrogens is 243 g/mol. The Kier molecular flexibility index (Phi) is 4.29. The van der Waals surface area contributed by atoms with Crippen molar-refractivity contribution in [3.63, 3.8) is 0 Å². The summed E-state index contributed by atoms with van der Waals surface area (Å²) in [5.41, 5.74) is 0.622. The van der Waals surface area contributed by atoms with Crippen LogP contribution in [0.5, 0.6) is 5.75 Å². The van der Waals surface area contributed by atoms with Gasteiger partial charge in [-0.15, -0.1) is 0 Å². The van der Waals surface area contributed by atoms with Crippen LogP contribution in [0.25, 0.3) is 0 Å². The normalized spacial score (nSPS) is 11.9. The zero-order chi connectivity index (χ0) is 13.7. The van der Waals surface area contributed by atoms with Gasteiger partial charge >= 0.3 is 0 Å². The Morgan fingerprint density at radius 2 is 1.74 bits per heavy atom. The van der Waals surface area contributed by atoms with Crippen molar-refractivity contribution in [3.8, 4) is 5.75 Å². The Morgan fingerprint density at radius 1 is 1.11 bits per heavy atom. The van der Waals surface area contributed by atoms with Gasteiger partial charge in [-0.1, -0.05) is 37.3 Å². The molecule has 3 heteroatoms. The molecule has 1 atom stereocenters. The number of benzene rings is 2. The lowest BCUT2D eigenvalue weighted by atomic mass is 10.0. The minimum atomic E-state index is -0.548. The third kappa shape index (κ3) is 3.41. The number of hydrogen-bond donors (Lipinski definition) is 0. The minimum absolute atomic E-state index is 0.0626. The summed E-state index contributed by atoms with van der Waals surface area (Å²) in [6.45, 7) is 1.88. The van der Waals surface area contributed by atoms with Crippen molar-refractivity contribution >= 4 is 5.78 Å². The highest BCUT2D eigenvalue weighted by atomic mass is 19.1. The molecule has 0 heterocycles. The average molecular weight is 258 g/mol. The summed E-state index contributed by atoms with van der Waals surface area (Å²) in [4.78, 5) is 12.2. The topological polar surface area (TPSA) is 26.3 Å². The first kappa shape index (κ1) is 13.3. The predicted molar refractivity (Wildman–Crippen MR) is 71.9 cm³/mol. The molecule has 0 amide bonds. The fourth-order valence-corrected chi connectivity index (χ4v) is 1.79. The van der Waals surface area contributed by atoms with Gasteiger partial charge < -0.3 is 4.74 Å². The first-order valence-electron chi connectivity index (χ1n) is 6.22. The van der Waals surface area contributed by atoms with E-state index < -0.39 is 6.10 Å². The largest absolute Gasteiger partial charge is 0.482 e. The SMILES string of the molecule is CCC(Oc1ccc(F)cc1)C(=O)c1ccccc1. The van der Waals surface area contributed by atoms with E-state index in [1.54, 1.807) is 12.1 Å². The van der Waals surface area contributed by atoms with Crippen LogP contribution in [0.15, 0.2) is 54.6 Å². The highest BCUT2D eigenvalue weighted by molar-refractivity contribution is 5.99. The smallest absolute Gasteiger partial charge is 0.203 e. The van der Waals surface area contributed by atoms with E-state index in [1.165, 1.54) is 24.3 Å². The van der Waals surface area contributed by atoms with Gasteiger partial charge in [0, 0.05) is 5.56 Å². The van der Waals surface area contributed by atoms with Crippen LogP contribution >= 0.6 is 0 Å². The summed E-state index contributed by atoms with van der Waals surface area (Å²) in [6.07, 6.45) is 0.0123. The van der Waals surface area contributed by atoms with Gasteiger partial charge in [0.25, 0.3) is 0 Å². The Balaban J connectivity index is 2.12. The molecule has 1 unspecified atom stereocenters. The molecule has 0 saturated carbocycles. The maximum atomic E-state index is 12.8. The molecule has 0 radical (unpaired) electrons. The second-order valence-electron chi connectivity index (χ2n) is 4.20. The number of ether oxygens (including phenoxy) is 1. The van der Waals surface area contributed by atoms with E-state index in [-0.39, 0.29) is 11.6 Å². The first-order valence-corrected chi connectivity index (χ1v) is 6.22. The van der Waals surface area contributed by atoms with Gasteiger partial charge in [-0.3, -0.25) is 4.79 Å². The third-order valence-electron chi connectivity index (χ3n) is 2.81. The van der Waals surface area contributed by atoms with Gasteiger partial charge in [0.2, 0.25) is 5.78 Å². The zero-order valence-electron chi connectivity index (χ0n) is 10.7. The van der Waals surface area contributed by atoms with E-state index >= 15 is 0 Å². The first-order chi connectivity index (χ1) is 9.20. The number of halogens is 1. The molecule has 2 rings (SSSR count). The van der Waals surface area contributed by atoms with Gasteiger partial charge in [0.15, 0.2) is 6.10 Å². The Morgan fingerprint density at radius 3 is 2.32 bits per heavy atom. The molecule has 0 spiro atoms. The molecule has 0 fully saturated rings. The summed E-state index contributed by atoms with van der Waals surface area (Å²) >= 11 is 0. The number of rotatable bonds is 5. The van der Waals surface area contributed by atoms with Crippen LogP contribution in [-0.4, -0.2) is 11.9 Å². The summed E-state index contributed by atoms with van der Waals surface area (Å²) in [5, 5.41) is 0. The van der Waals surface area contributed by atoms with Crippen molar-refractivity contribution < 1.29 is 13.9 Å². The number of Topliss-reactive ketones (excluding diaryl/α,β-unsaturated/α-hetero) is 1. The van der Waals surface area contributed by atoms with Crippen molar-refractivity contribution in [2.45, 2.75) is 19.4 Å². The number of carbonyl (C=O) groups excluding carboxylic acids is 1. The molecule has 2 nitrogen and oxygen atoms in total. The lowest BCUT2D eigenvalue weighted by Gasteiger charge is -2.16. The van der Waals surface area contributed by atoms with Crippen LogP contribution in [0.3, 0.4) is 0 Å². The van der Waals surface area contributed by atoms with Crippen molar-refractivity contribution in [1.29, 1.82) is 0 Å². The van der Waals surface area contributed by atoms with Crippen molar-refractivity contribution in [2.24, 2.45) is 0 Å². The molecule has 0 N–H and O–H groups in total. The van der Waals surface area contributed by atoms with Crippen LogP contribution in [0.1, 0.15) is 23.7 Å². The Hall–Kier alpha value is -2.16. The molecule has 0 bridgehead atoms. The van der Waals surface area contributed by atoms with Gasteiger partial charge in [-0.25, -0.2) is 4.39 Å². The molecule has 2 aromatic carbocycles. The quantitative estimate of drug-likeness (QED) is 0.761. The number of carbonyl (C=O) groups is 1. The van der Waals surface area contributed by atoms with Crippen LogP contribution in [-0.2, 0) is 0 Å². The maximum absolute atomic E-state index is 12.8. The lowest BCUT2D eigenvalue weighted by Crippen LogP contribution is -2.26. The fourth-order valence-electron chi connectivity index (χ4n) is 1.79. The van der Waals surface area contributed by atoms with Crippen molar-refractivity contribution in [3.05, 3.63) is 66.0 Å². The van der Waals surface area contributed by atoms with E-state index in [9.17, 15) is 9.18 Å². The van der Waals surface area contributed by atoms with E-state index in [0.29, 0.717) is 17.7 Å². The zero-order valence-corrected chi connectivity index (χ0v) is 10.7. The van der Waals surface area contributed by atoms with Crippen molar-refractivity contribution in [1.82, 2.24) is 0 Å². The van der Waals surface area contributed by atoms with E-state index in [4.69, 9.17) is 4.74 Å². The number of hydrogen-bond acceptors (Lipinski definition) is 2. The van der Waals surface area contributed by atoms with Gasteiger partial charge in [-0.05, 0) is 30.7 Å². The van der Waals surface area contributed by atoms with E-state index in [1.807, 2.05) is 25.1 Å². The van der Waals surface area contributed by atoms with Crippen LogP contribution in [0.2, 0.25) is 0 Å². The second-order valence-corrected chi connectivity index (χ2v) is 4.20. The summed E-state index contributed by atoms with van der Waals surface area (Å²) in [5.74, 6) is 0.111. The van der Waals surface area contributed by atoms with Crippen molar-refractivity contribution in [2.75, 3.05) is 0 Å². The molecule has 19 heavy (non-hydrogen) atoms. The monoisotopic (exact) mass is 258 g/mol. The average Bonchev–Trinajstić information content (AvgIpc) is 2.47. The number of ketones is 1. The molecule has 0 aliphatic rings. The second kappa shape index (κ2) is 6.14. The summed E-state index contributed by atoms with van der Waals surface area (Å²) in [6, 6.07) is 14.7. The molecule has 0 aromatic heterocycles. The van der Waals surface area contributed by atoms with Gasteiger partial charge in [0.1, 0.15) is 11.6 Å². The minimum Gasteiger partial charge on any atom is -0.482 e. The van der Waals surface area contributed by atoms with Gasteiger partial charge in [0.05, 0.1) is 0 Å². The lowest BCUT2D eigenvalue weighted by molar-refractivity contribution is 0.0786. The molecule has 0 aliphatic carbocycles. The van der Waals surface area contributed by atoms with Gasteiger partial charge in [-0.2, -0.15) is 0 Å². The predicted octanol–water partition coefficient (Wildman–Crippen LogP) is 3.87. The molecule has 0 saturated heterocycles. The Bertz CT molecular complexity index is 534. The Labute approximate surface area is 111 Å². The van der Waals surface area contributed by atoms with Crippen LogP contribution in [0, 0.1) is 5.82 Å². The molecule has 2 aromatic rings. The highest BCUT2D eigenvalue weighted by Crippen LogP contribution is 2.17. The fraction of sp³-hybridized carbons (Fsp3) is 0.188.